The van der Waals surface area contributed by atoms with Gasteiger partial charge in [0, 0.05) is 17.2 Å². The van der Waals surface area contributed by atoms with E-state index in [1.54, 1.807) is 13.8 Å². The van der Waals surface area contributed by atoms with Crippen LogP contribution in [0, 0.1) is 6.92 Å². The Morgan fingerprint density at radius 3 is 2.71 bits per heavy atom. The van der Waals surface area contributed by atoms with E-state index in [-0.39, 0.29) is 11.5 Å². The lowest BCUT2D eigenvalue weighted by Gasteiger charge is -2.18. The number of sulfone groups is 1. The summed E-state index contributed by atoms with van der Waals surface area (Å²) in [6.45, 7) is 3.44. The van der Waals surface area contributed by atoms with Gasteiger partial charge in [-0.25, -0.2) is 8.42 Å². The monoisotopic (exact) mass is 259 g/mol. The Hall–Kier alpha value is -0.850. The molecule has 2 unspecified atom stereocenters. The zero-order valence-corrected chi connectivity index (χ0v) is 10.8. The first kappa shape index (κ1) is 12.6. The van der Waals surface area contributed by atoms with Crippen LogP contribution in [0.5, 0.6) is 0 Å². The van der Waals surface area contributed by atoms with Gasteiger partial charge in [0.1, 0.15) is 17.3 Å². The fourth-order valence-electron chi connectivity index (χ4n) is 2.23. The Balaban J connectivity index is 2.47. The molecule has 0 fully saturated rings. The van der Waals surface area contributed by atoms with E-state index in [0.29, 0.717) is 23.5 Å². The fraction of sp³-hybridized carbons (Fsp3) is 0.636. The third-order valence-electron chi connectivity index (χ3n) is 3.13. The Morgan fingerprint density at radius 1 is 1.47 bits per heavy atom. The molecule has 1 aliphatic rings. The van der Waals surface area contributed by atoms with Crippen LogP contribution in [0.3, 0.4) is 0 Å². The molecule has 3 N–H and O–H groups in total. The first-order valence-electron chi connectivity index (χ1n) is 5.57. The zero-order valence-electron chi connectivity index (χ0n) is 9.93. The second kappa shape index (κ2) is 4.12. The van der Waals surface area contributed by atoms with Crippen molar-refractivity contribution >= 4 is 9.84 Å². The number of rotatable bonds is 2. The molecule has 96 valence electrons. The van der Waals surface area contributed by atoms with Gasteiger partial charge in [-0.1, -0.05) is 0 Å². The van der Waals surface area contributed by atoms with E-state index in [0.717, 1.165) is 5.56 Å². The van der Waals surface area contributed by atoms with Crippen molar-refractivity contribution in [3.8, 4) is 0 Å². The molecule has 0 spiro atoms. The van der Waals surface area contributed by atoms with E-state index in [9.17, 15) is 13.5 Å². The summed E-state index contributed by atoms with van der Waals surface area (Å²) in [5.41, 5.74) is 7.17. The first-order chi connectivity index (χ1) is 7.82. The van der Waals surface area contributed by atoms with Gasteiger partial charge in [-0.3, -0.25) is 0 Å². The van der Waals surface area contributed by atoms with E-state index in [4.69, 9.17) is 10.2 Å². The van der Waals surface area contributed by atoms with E-state index in [1.807, 2.05) is 0 Å². The van der Waals surface area contributed by atoms with Crippen LogP contribution in [0.15, 0.2) is 4.42 Å². The molecule has 1 aromatic rings. The molecule has 2 heterocycles. The van der Waals surface area contributed by atoms with Gasteiger partial charge in [0.2, 0.25) is 0 Å². The van der Waals surface area contributed by atoms with Crippen LogP contribution in [0.25, 0.3) is 0 Å². The molecule has 17 heavy (non-hydrogen) atoms. The molecular formula is C11H17NO4S. The SMILES string of the molecule is Cc1oc2c(c1C(O)C(C)N)CCS(=O)(=O)C2. The molecule has 0 bridgehead atoms. The van der Waals surface area contributed by atoms with E-state index in [1.165, 1.54) is 0 Å². The number of aryl methyl sites for hydroxylation is 1. The van der Waals surface area contributed by atoms with Crippen molar-refractivity contribution in [3.05, 3.63) is 22.6 Å². The van der Waals surface area contributed by atoms with Crippen LogP contribution in [-0.2, 0) is 22.0 Å². The molecule has 1 aliphatic heterocycles. The highest BCUT2D eigenvalue weighted by Gasteiger charge is 2.31. The minimum absolute atomic E-state index is 0.0746. The topological polar surface area (TPSA) is 93.5 Å². The maximum atomic E-state index is 11.5. The normalized spacial score (nSPS) is 21.9. The zero-order chi connectivity index (χ0) is 12.8. The summed E-state index contributed by atoms with van der Waals surface area (Å²) in [5.74, 6) is 1.06. The summed E-state index contributed by atoms with van der Waals surface area (Å²) in [6.07, 6.45) is -0.406. The number of hydrogen-bond acceptors (Lipinski definition) is 5. The van der Waals surface area contributed by atoms with Crippen LogP contribution in [0.4, 0.5) is 0 Å². The lowest BCUT2D eigenvalue weighted by atomic mass is 9.97. The Labute approximate surface area is 101 Å². The van der Waals surface area contributed by atoms with Gasteiger partial charge < -0.3 is 15.3 Å². The predicted molar refractivity (Wildman–Crippen MR) is 63.2 cm³/mol. The van der Waals surface area contributed by atoms with Crippen LogP contribution in [-0.4, -0.2) is 25.3 Å². The second-order valence-electron chi connectivity index (χ2n) is 4.62. The molecular weight excluding hydrogens is 242 g/mol. The first-order valence-corrected chi connectivity index (χ1v) is 7.39. The third-order valence-corrected chi connectivity index (χ3v) is 4.65. The lowest BCUT2D eigenvalue weighted by molar-refractivity contribution is 0.150. The molecule has 2 rings (SSSR count). The van der Waals surface area contributed by atoms with Gasteiger partial charge in [0.25, 0.3) is 0 Å². The van der Waals surface area contributed by atoms with Crippen molar-refractivity contribution in [2.24, 2.45) is 5.73 Å². The molecule has 0 aliphatic carbocycles. The highest BCUT2D eigenvalue weighted by Crippen LogP contribution is 2.33. The average molecular weight is 259 g/mol. The van der Waals surface area contributed by atoms with Gasteiger partial charge >= 0.3 is 0 Å². The fourth-order valence-corrected chi connectivity index (χ4v) is 3.53. The number of hydrogen-bond donors (Lipinski definition) is 2. The number of aliphatic hydroxyl groups excluding tert-OH is 1. The average Bonchev–Trinajstić information content (AvgIpc) is 2.50. The van der Waals surface area contributed by atoms with E-state index >= 15 is 0 Å². The molecule has 0 aromatic carbocycles. The van der Waals surface area contributed by atoms with Crippen molar-refractivity contribution in [1.82, 2.24) is 0 Å². The maximum absolute atomic E-state index is 11.5. The molecule has 5 nitrogen and oxygen atoms in total. The highest BCUT2D eigenvalue weighted by molar-refractivity contribution is 7.90. The number of aliphatic hydroxyl groups is 1. The molecule has 0 saturated carbocycles. The third kappa shape index (κ3) is 2.25. The minimum atomic E-state index is -3.05. The van der Waals surface area contributed by atoms with Gasteiger partial charge in [-0.15, -0.1) is 0 Å². The summed E-state index contributed by atoms with van der Waals surface area (Å²) in [6, 6.07) is -0.408. The van der Waals surface area contributed by atoms with Gasteiger partial charge in [-0.05, 0) is 20.3 Å². The molecule has 0 amide bonds. The quantitative estimate of drug-likeness (QED) is 0.803. The van der Waals surface area contributed by atoms with Gasteiger partial charge in [0.15, 0.2) is 9.84 Å². The Bertz CT molecular complexity index is 530. The largest absolute Gasteiger partial charge is 0.465 e. The summed E-state index contributed by atoms with van der Waals surface area (Å²) in [4.78, 5) is 0. The molecule has 1 aromatic heterocycles. The molecule has 0 radical (unpaired) electrons. The summed E-state index contributed by atoms with van der Waals surface area (Å²) < 4.78 is 28.4. The molecule has 0 saturated heterocycles. The standard InChI is InChI=1S/C11H17NO4S/c1-6(12)11(13)10-7(2)16-9-5-17(14,15)4-3-8(9)10/h6,11,13H,3-5,12H2,1-2H3. The number of fused-ring (bicyclic) bond motifs is 1. The predicted octanol–water partition coefficient (Wildman–Crippen LogP) is 0.440. The smallest absolute Gasteiger partial charge is 0.157 e. The van der Waals surface area contributed by atoms with Crippen molar-refractivity contribution in [3.63, 3.8) is 0 Å². The Morgan fingerprint density at radius 2 is 2.12 bits per heavy atom. The lowest BCUT2D eigenvalue weighted by Crippen LogP contribution is -2.26. The Kier molecular flexibility index (Phi) is 3.05. The number of furan rings is 1. The van der Waals surface area contributed by atoms with Crippen LogP contribution < -0.4 is 5.73 Å². The number of nitrogens with two attached hydrogens (primary N) is 1. The second-order valence-corrected chi connectivity index (χ2v) is 6.80. The molecule has 6 heteroatoms. The van der Waals surface area contributed by atoms with Crippen molar-refractivity contribution in [2.45, 2.75) is 38.2 Å². The highest BCUT2D eigenvalue weighted by atomic mass is 32.2. The van der Waals surface area contributed by atoms with Crippen LogP contribution in [0.2, 0.25) is 0 Å². The van der Waals surface area contributed by atoms with Crippen molar-refractivity contribution in [2.75, 3.05) is 5.75 Å². The van der Waals surface area contributed by atoms with Gasteiger partial charge in [-0.2, -0.15) is 0 Å². The van der Waals surface area contributed by atoms with Crippen LogP contribution in [0.1, 0.15) is 35.7 Å². The van der Waals surface area contributed by atoms with Crippen molar-refractivity contribution in [1.29, 1.82) is 0 Å². The van der Waals surface area contributed by atoms with E-state index in [2.05, 4.69) is 0 Å². The van der Waals surface area contributed by atoms with Crippen LogP contribution >= 0.6 is 0 Å². The summed E-state index contributed by atoms with van der Waals surface area (Å²) in [5, 5.41) is 10.0. The minimum Gasteiger partial charge on any atom is -0.465 e. The van der Waals surface area contributed by atoms with Gasteiger partial charge in [0.05, 0.1) is 11.9 Å². The van der Waals surface area contributed by atoms with Crippen molar-refractivity contribution < 1.29 is 17.9 Å². The summed E-state index contributed by atoms with van der Waals surface area (Å²) in [7, 11) is -3.05. The summed E-state index contributed by atoms with van der Waals surface area (Å²) >= 11 is 0. The molecule has 2 atom stereocenters. The maximum Gasteiger partial charge on any atom is 0.157 e. The van der Waals surface area contributed by atoms with E-state index < -0.39 is 22.0 Å².